The molecule has 0 aromatic rings. The molecule has 98 valence electrons. The molecule has 5 heteroatoms. The summed E-state index contributed by atoms with van der Waals surface area (Å²) in [7, 11) is 1.60. The van der Waals surface area contributed by atoms with Gasteiger partial charge < -0.3 is 15.0 Å². The summed E-state index contributed by atoms with van der Waals surface area (Å²) < 4.78 is 4.94. The Kier molecular flexibility index (Phi) is 5.97. The zero-order valence-corrected chi connectivity index (χ0v) is 10.7. The number of likely N-dealkylation sites (tertiary alicyclic amines) is 1. The number of nitrogens with zero attached hydrogens (tertiary/aromatic N) is 1. The van der Waals surface area contributed by atoms with Gasteiger partial charge in [0, 0.05) is 26.1 Å². The Hall–Kier alpha value is -1.10. The normalized spacial score (nSPS) is 18.7. The van der Waals surface area contributed by atoms with Crippen molar-refractivity contribution in [3.63, 3.8) is 0 Å². The van der Waals surface area contributed by atoms with Crippen LogP contribution >= 0.6 is 0 Å². The number of hydrogen-bond donors (Lipinski definition) is 1. The maximum Gasteiger partial charge on any atom is 0.239 e. The molecule has 5 nitrogen and oxygen atoms in total. The zero-order chi connectivity index (χ0) is 12.7. The molecule has 17 heavy (non-hydrogen) atoms. The third kappa shape index (κ3) is 5.17. The number of rotatable bonds is 5. The Morgan fingerprint density at radius 2 is 2.24 bits per heavy atom. The molecule has 0 aliphatic carbocycles. The summed E-state index contributed by atoms with van der Waals surface area (Å²) in [6.45, 7) is 3.24. The number of carbonyl (C=O) groups is 2. The standard InChI is InChI=1S/C12H22N2O3/c1-10(9-17-2)13-11(15)8-14-7-5-3-4-6-12(14)16/h10H,3-9H2,1-2H3,(H,13,15). The maximum atomic E-state index is 11.7. The Morgan fingerprint density at radius 1 is 1.47 bits per heavy atom. The molecule has 1 fully saturated rings. The van der Waals surface area contributed by atoms with E-state index in [0.717, 1.165) is 19.3 Å². The molecule has 1 saturated heterocycles. The molecular weight excluding hydrogens is 220 g/mol. The first-order valence-corrected chi connectivity index (χ1v) is 6.19. The van der Waals surface area contributed by atoms with Gasteiger partial charge in [0.2, 0.25) is 11.8 Å². The van der Waals surface area contributed by atoms with Gasteiger partial charge in [0.15, 0.2) is 0 Å². The molecule has 1 aliphatic rings. The topological polar surface area (TPSA) is 58.6 Å². The van der Waals surface area contributed by atoms with Gasteiger partial charge in [-0.25, -0.2) is 0 Å². The Bertz CT molecular complexity index is 268. The van der Waals surface area contributed by atoms with Gasteiger partial charge in [-0.3, -0.25) is 9.59 Å². The number of methoxy groups -OCH3 is 1. The second kappa shape index (κ2) is 7.27. The van der Waals surface area contributed by atoms with E-state index in [1.54, 1.807) is 12.0 Å². The lowest BCUT2D eigenvalue weighted by Crippen LogP contribution is -2.44. The highest BCUT2D eigenvalue weighted by Crippen LogP contribution is 2.10. The lowest BCUT2D eigenvalue weighted by molar-refractivity contribution is -0.135. The van der Waals surface area contributed by atoms with Gasteiger partial charge in [-0.15, -0.1) is 0 Å². The van der Waals surface area contributed by atoms with E-state index in [4.69, 9.17) is 4.74 Å². The molecule has 0 saturated carbocycles. The minimum absolute atomic E-state index is 0.0189. The molecule has 1 rings (SSSR count). The third-order valence-corrected chi connectivity index (χ3v) is 2.83. The second-order valence-electron chi connectivity index (χ2n) is 4.55. The predicted molar refractivity (Wildman–Crippen MR) is 64.5 cm³/mol. The average Bonchev–Trinajstić information content (AvgIpc) is 2.44. The summed E-state index contributed by atoms with van der Waals surface area (Å²) in [4.78, 5) is 25.0. The monoisotopic (exact) mass is 242 g/mol. The summed E-state index contributed by atoms with van der Waals surface area (Å²) in [5, 5.41) is 2.81. The van der Waals surface area contributed by atoms with Crippen LogP contribution in [0.3, 0.4) is 0 Å². The highest BCUT2D eigenvalue weighted by molar-refractivity contribution is 5.85. The molecule has 1 aliphatic heterocycles. The number of nitrogens with one attached hydrogen (secondary N) is 1. The molecule has 1 atom stereocenters. The summed E-state index contributed by atoms with van der Waals surface area (Å²) >= 11 is 0. The summed E-state index contributed by atoms with van der Waals surface area (Å²) in [5.41, 5.74) is 0. The average molecular weight is 242 g/mol. The van der Waals surface area contributed by atoms with Crippen molar-refractivity contribution >= 4 is 11.8 Å². The minimum atomic E-state index is -0.107. The zero-order valence-electron chi connectivity index (χ0n) is 10.7. The molecule has 2 amide bonds. The van der Waals surface area contributed by atoms with Crippen LogP contribution in [0.25, 0.3) is 0 Å². The van der Waals surface area contributed by atoms with E-state index in [0.29, 0.717) is 19.6 Å². The van der Waals surface area contributed by atoms with Gasteiger partial charge in [-0.1, -0.05) is 6.42 Å². The molecular formula is C12H22N2O3. The molecule has 0 aromatic heterocycles. The first kappa shape index (κ1) is 14.0. The first-order valence-electron chi connectivity index (χ1n) is 6.19. The first-order chi connectivity index (χ1) is 8.13. The quantitative estimate of drug-likeness (QED) is 0.765. The lowest BCUT2D eigenvalue weighted by atomic mass is 10.2. The molecule has 1 unspecified atom stereocenters. The lowest BCUT2D eigenvalue weighted by Gasteiger charge is -2.21. The fraction of sp³-hybridized carbons (Fsp3) is 0.833. The van der Waals surface area contributed by atoms with Crippen LogP contribution in [-0.4, -0.2) is 49.6 Å². The van der Waals surface area contributed by atoms with Gasteiger partial charge in [0.05, 0.1) is 13.2 Å². The Labute approximate surface area is 102 Å². The summed E-state index contributed by atoms with van der Waals surface area (Å²) in [6.07, 6.45) is 3.58. The van der Waals surface area contributed by atoms with Gasteiger partial charge in [0.25, 0.3) is 0 Å². The van der Waals surface area contributed by atoms with Crippen molar-refractivity contribution in [1.82, 2.24) is 10.2 Å². The van der Waals surface area contributed by atoms with Crippen LogP contribution in [0.15, 0.2) is 0 Å². The van der Waals surface area contributed by atoms with Crippen LogP contribution in [0.5, 0.6) is 0 Å². The van der Waals surface area contributed by atoms with Crippen molar-refractivity contribution in [2.75, 3.05) is 26.8 Å². The van der Waals surface area contributed by atoms with Gasteiger partial charge in [0.1, 0.15) is 0 Å². The number of hydrogen-bond acceptors (Lipinski definition) is 3. The van der Waals surface area contributed by atoms with Crippen molar-refractivity contribution in [2.45, 2.75) is 38.6 Å². The summed E-state index contributed by atoms with van der Waals surface area (Å²) in [5.74, 6) is -0.0122. The van der Waals surface area contributed by atoms with E-state index in [1.165, 1.54) is 0 Å². The van der Waals surface area contributed by atoms with E-state index in [1.807, 2.05) is 6.92 Å². The van der Waals surface area contributed by atoms with E-state index in [9.17, 15) is 9.59 Å². The second-order valence-corrected chi connectivity index (χ2v) is 4.55. The molecule has 1 N–H and O–H groups in total. The fourth-order valence-electron chi connectivity index (χ4n) is 1.99. The Morgan fingerprint density at radius 3 is 2.94 bits per heavy atom. The molecule has 0 aromatic carbocycles. The number of amides is 2. The highest BCUT2D eigenvalue weighted by atomic mass is 16.5. The number of ether oxygens (including phenoxy) is 1. The Balaban J connectivity index is 2.35. The van der Waals surface area contributed by atoms with Crippen LogP contribution in [0.1, 0.15) is 32.6 Å². The molecule has 0 bridgehead atoms. The fourth-order valence-corrected chi connectivity index (χ4v) is 1.99. The van der Waals surface area contributed by atoms with E-state index in [2.05, 4.69) is 5.32 Å². The van der Waals surface area contributed by atoms with Crippen LogP contribution in [0.2, 0.25) is 0 Å². The van der Waals surface area contributed by atoms with Crippen molar-refractivity contribution in [1.29, 1.82) is 0 Å². The SMILES string of the molecule is COCC(C)NC(=O)CN1CCCCCC1=O. The smallest absolute Gasteiger partial charge is 0.239 e. The van der Waals surface area contributed by atoms with Crippen LogP contribution in [0, 0.1) is 0 Å². The van der Waals surface area contributed by atoms with Crippen molar-refractivity contribution in [3.8, 4) is 0 Å². The van der Waals surface area contributed by atoms with E-state index in [-0.39, 0.29) is 24.4 Å². The van der Waals surface area contributed by atoms with Crippen LogP contribution < -0.4 is 5.32 Å². The maximum absolute atomic E-state index is 11.7. The van der Waals surface area contributed by atoms with E-state index >= 15 is 0 Å². The van der Waals surface area contributed by atoms with Gasteiger partial charge in [-0.2, -0.15) is 0 Å². The van der Waals surface area contributed by atoms with Crippen molar-refractivity contribution in [3.05, 3.63) is 0 Å². The van der Waals surface area contributed by atoms with Crippen molar-refractivity contribution in [2.24, 2.45) is 0 Å². The summed E-state index contributed by atoms with van der Waals surface area (Å²) in [6, 6.07) is -0.0189. The van der Waals surface area contributed by atoms with Gasteiger partial charge >= 0.3 is 0 Å². The third-order valence-electron chi connectivity index (χ3n) is 2.83. The van der Waals surface area contributed by atoms with Crippen LogP contribution in [-0.2, 0) is 14.3 Å². The molecule has 0 spiro atoms. The highest BCUT2D eigenvalue weighted by Gasteiger charge is 2.19. The van der Waals surface area contributed by atoms with Crippen LogP contribution in [0.4, 0.5) is 0 Å². The largest absolute Gasteiger partial charge is 0.383 e. The molecule has 0 radical (unpaired) electrons. The predicted octanol–water partition coefficient (Wildman–Crippen LogP) is 0.540. The van der Waals surface area contributed by atoms with Crippen molar-refractivity contribution < 1.29 is 14.3 Å². The van der Waals surface area contributed by atoms with E-state index < -0.39 is 0 Å². The van der Waals surface area contributed by atoms with Gasteiger partial charge in [-0.05, 0) is 19.8 Å². The minimum Gasteiger partial charge on any atom is -0.383 e. The number of carbonyl (C=O) groups excluding carboxylic acids is 2. The molecule has 1 heterocycles.